The zero-order chi connectivity index (χ0) is 21.3. The van der Waals surface area contributed by atoms with Crippen molar-refractivity contribution in [3.63, 3.8) is 0 Å². The molecule has 3 aliphatic carbocycles. The fourth-order valence-corrected chi connectivity index (χ4v) is 5.55. The van der Waals surface area contributed by atoms with Crippen LogP contribution in [0.25, 0.3) is 0 Å². The van der Waals surface area contributed by atoms with E-state index < -0.39 is 0 Å². The lowest BCUT2D eigenvalue weighted by molar-refractivity contribution is 0.137. The predicted molar refractivity (Wildman–Crippen MR) is 129 cm³/mol. The summed E-state index contributed by atoms with van der Waals surface area (Å²) < 4.78 is 0. The van der Waals surface area contributed by atoms with Gasteiger partial charge in [0.25, 0.3) is 0 Å². The van der Waals surface area contributed by atoms with E-state index in [1.807, 2.05) is 6.21 Å². The summed E-state index contributed by atoms with van der Waals surface area (Å²) >= 11 is 0. The summed E-state index contributed by atoms with van der Waals surface area (Å²) in [6, 6.07) is 2.83. The Morgan fingerprint density at radius 3 is 2.27 bits per heavy atom. The van der Waals surface area contributed by atoms with Crippen LogP contribution < -0.4 is 10.6 Å². The molecule has 162 valence electrons. The van der Waals surface area contributed by atoms with Gasteiger partial charge in [-0.05, 0) is 106 Å². The summed E-state index contributed by atoms with van der Waals surface area (Å²) in [5.41, 5.74) is 10.3. The molecular formula is C27H39N3. The van der Waals surface area contributed by atoms with Gasteiger partial charge in [0.1, 0.15) is 5.82 Å². The highest BCUT2D eigenvalue weighted by Crippen LogP contribution is 2.44. The molecule has 3 aliphatic rings. The molecule has 1 unspecified atom stereocenters. The van der Waals surface area contributed by atoms with Crippen molar-refractivity contribution in [3.05, 3.63) is 52.0 Å². The van der Waals surface area contributed by atoms with Gasteiger partial charge < -0.3 is 10.6 Å². The minimum absolute atomic E-state index is 0.355. The Kier molecular flexibility index (Phi) is 6.09. The Labute approximate surface area is 183 Å². The second-order valence-electron chi connectivity index (χ2n) is 10.4. The molecule has 3 heteroatoms. The van der Waals surface area contributed by atoms with E-state index in [0.29, 0.717) is 11.5 Å². The fourth-order valence-electron chi connectivity index (χ4n) is 5.55. The third-order valence-electron chi connectivity index (χ3n) is 7.38. The van der Waals surface area contributed by atoms with Crippen LogP contribution in [-0.2, 0) is 25.7 Å². The third-order valence-corrected chi connectivity index (χ3v) is 7.38. The number of anilines is 1. The standard InChI is InChI=1S/C27H39N3/c1-18(2)25(17-28-19(3)16-27(5)13-8-14-27)29-20(4)30-26-23-11-6-9-21(23)15-22-10-7-12-24(22)26/h15,17,19,29-30H,4,6-14,16H2,1-3,5H3/b28-17-. The molecular weight excluding hydrogens is 366 g/mol. The van der Waals surface area contributed by atoms with Crippen molar-refractivity contribution in [2.24, 2.45) is 10.4 Å². The van der Waals surface area contributed by atoms with Crippen LogP contribution in [0.5, 0.6) is 0 Å². The third kappa shape index (κ3) is 4.50. The smallest absolute Gasteiger partial charge is 0.100 e. The molecule has 4 rings (SSSR count). The van der Waals surface area contributed by atoms with Crippen LogP contribution >= 0.6 is 0 Å². The Bertz CT molecular complexity index is 850. The van der Waals surface area contributed by atoms with E-state index in [0.717, 1.165) is 11.5 Å². The van der Waals surface area contributed by atoms with Gasteiger partial charge in [0.2, 0.25) is 0 Å². The Morgan fingerprint density at radius 1 is 1.10 bits per heavy atom. The summed E-state index contributed by atoms with van der Waals surface area (Å²) in [5.74, 6) is 0.852. The van der Waals surface area contributed by atoms with Gasteiger partial charge in [-0.15, -0.1) is 0 Å². The summed E-state index contributed by atoms with van der Waals surface area (Å²) in [6.07, 6.45) is 14.7. The number of allylic oxidation sites excluding steroid dienone is 2. The normalized spacial score (nSPS) is 19.7. The van der Waals surface area contributed by atoms with E-state index in [-0.39, 0.29) is 0 Å². The molecule has 1 fully saturated rings. The van der Waals surface area contributed by atoms with E-state index in [1.165, 1.54) is 86.6 Å². The lowest BCUT2D eigenvalue weighted by Gasteiger charge is -2.39. The molecule has 3 nitrogen and oxygen atoms in total. The average molecular weight is 406 g/mol. The number of fused-ring (bicyclic) bond motifs is 2. The first kappa shape index (κ1) is 21.2. The molecule has 2 N–H and O–H groups in total. The van der Waals surface area contributed by atoms with Crippen molar-refractivity contribution in [1.29, 1.82) is 0 Å². The van der Waals surface area contributed by atoms with Gasteiger partial charge in [-0.2, -0.15) is 0 Å². The lowest BCUT2D eigenvalue weighted by atomic mass is 9.67. The molecule has 1 aromatic carbocycles. The molecule has 0 bridgehead atoms. The molecule has 0 spiro atoms. The average Bonchev–Trinajstić information content (AvgIpc) is 3.32. The first-order chi connectivity index (χ1) is 14.3. The molecule has 0 aromatic heterocycles. The summed E-state index contributed by atoms with van der Waals surface area (Å²) in [6.45, 7) is 13.2. The van der Waals surface area contributed by atoms with Crippen molar-refractivity contribution in [2.75, 3.05) is 5.32 Å². The quantitative estimate of drug-likeness (QED) is 0.486. The number of hydrogen-bond donors (Lipinski definition) is 2. The maximum atomic E-state index is 4.87. The predicted octanol–water partition coefficient (Wildman–Crippen LogP) is 6.47. The zero-order valence-corrected chi connectivity index (χ0v) is 19.5. The van der Waals surface area contributed by atoms with E-state index in [9.17, 15) is 0 Å². The van der Waals surface area contributed by atoms with E-state index in [4.69, 9.17) is 4.99 Å². The minimum Gasteiger partial charge on any atom is -0.342 e. The minimum atomic E-state index is 0.355. The monoisotopic (exact) mass is 405 g/mol. The number of aliphatic imine (C=N–C) groups is 1. The van der Waals surface area contributed by atoms with Crippen LogP contribution in [0.2, 0.25) is 0 Å². The van der Waals surface area contributed by atoms with E-state index in [2.05, 4.69) is 51.0 Å². The summed E-state index contributed by atoms with van der Waals surface area (Å²) in [5, 5.41) is 7.19. The fraction of sp³-hybridized carbons (Fsp3) is 0.593. The van der Waals surface area contributed by atoms with E-state index >= 15 is 0 Å². The molecule has 30 heavy (non-hydrogen) atoms. The van der Waals surface area contributed by atoms with Gasteiger partial charge in [0.15, 0.2) is 0 Å². The van der Waals surface area contributed by atoms with Crippen LogP contribution in [0.15, 0.2) is 34.7 Å². The molecule has 1 atom stereocenters. The molecule has 0 amide bonds. The number of hydrogen-bond acceptors (Lipinski definition) is 3. The SMILES string of the molecule is C=C(NC(/C=N\C(C)CC1(C)CCC1)=C(C)C)Nc1c2c(cc3c1CCC3)CCC2. The highest BCUT2D eigenvalue weighted by Gasteiger charge is 2.32. The maximum Gasteiger partial charge on any atom is 0.100 e. The van der Waals surface area contributed by atoms with Crippen molar-refractivity contribution in [3.8, 4) is 0 Å². The Balaban J connectivity index is 1.44. The van der Waals surface area contributed by atoms with Gasteiger partial charge >= 0.3 is 0 Å². The van der Waals surface area contributed by atoms with Crippen LogP contribution in [0.3, 0.4) is 0 Å². The summed E-state index contributed by atoms with van der Waals surface area (Å²) in [7, 11) is 0. The molecule has 0 saturated heterocycles. The number of rotatable bonds is 8. The van der Waals surface area contributed by atoms with Gasteiger partial charge in [0, 0.05) is 17.9 Å². The Morgan fingerprint density at radius 2 is 1.73 bits per heavy atom. The first-order valence-electron chi connectivity index (χ1n) is 11.9. The summed E-state index contributed by atoms with van der Waals surface area (Å²) in [4.78, 5) is 4.87. The molecule has 0 radical (unpaired) electrons. The van der Waals surface area contributed by atoms with Crippen molar-refractivity contribution < 1.29 is 0 Å². The first-order valence-corrected chi connectivity index (χ1v) is 11.9. The number of aryl methyl sites for hydroxylation is 2. The van der Waals surface area contributed by atoms with Crippen molar-refractivity contribution >= 4 is 11.9 Å². The second kappa shape index (κ2) is 8.61. The maximum absolute atomic E-state index is 4.87. The zero-order valence-electron chi connectivity index (χ0n) is 19.5. The number of nitrogens with one attached hydrogen (secondary N) is 2. The number of nitrogens with zero attached hydrogens (tertiary/aromatic N) is 1. The Hall–Kier alpha value is -2.03. The lowest BCUT2D eigenvalue weighted by Crippen LogP contribution is -2.29. The van der Waals surface area contributed by atoms with Crippen LogP contribution in [-0.4, -0.2) is 12.3 Å². The van der Waals surface area contributed by atoms with Crippen molar-refractivity contribution in [1.82, 2.24) is 5.32 Å². The van der Waals surface area contributed by atoms with Gasteiger partial charge in [-0.3, -0.25) is 4.99 Å². The molecule has 0 heterocycles. The molecule has 1 saturated carbocycles. The highest BCUT2D eigenvalue weighted by molar-refractivity contribution is 5.79. The van der Waals surface area contributed by atoms with Crippen LogP contribution in [0, 0.1) is 5.41 Å². The molecule has 0 aliphatic heterocycles. The van der Waals surface area contributed by atoms with E-state index in [1.54, 1.807) is 11.1 Å². The molecule has 1 aromatic rings. The van der Waals surface area contributed by atoms with Crippen LogP contribution in [0.1, 0.15) is 88.5 Å². The second-order valence-corrected chi connectivity index (χ2v) is 10.4. The van der Waals surface area contributed by atoms with Crippen LogP contribution in [0.4, 0.5) is 5.69 Å². The van der Waals surface area contributed by atoms with Gasteiger partial charge in [-0.25, -0.2) is 0 Å². The topological polar surface area (TPSA) is 36.4 Å². The van der Waals surface area contributed by atoms with Crippen molar-refractivity contribution in [2.45, 2.75) is 97.9 Å². The highest BCUT2D eigenvalue weighted by atomic mass is 15.1. The van der Waals surface area contributed by atoms with Gasteiger partial charge in [0.05, 0.1) is 5.70 Å². The number of benzene rings is 1. The van der Waals surface area contributed by atoms with Gasteiger partial charge in [-0.1, -0.05) is 31.6 Å². The largest absolute Gasteiger partial charge is 0.342 e.